The summed E-state index contributed by atoms with van der Waals surface area (Å²) < 4.78 is 0. The van der Waals surface area contributed by atoms with Crippen molar-refractivity contribution in [2.45, 2.75) is 19.8 Å². The average Bonchev–Trinajstić information content (AvgIpc) is 3.08. The lowest BCUT2D eigenvalue weighted by Crippen LogP contribution is -2.36. The Hall–Kier alpha value is -2.27. The predicted molar refractivity (Wildman–Crippen MR) is 75.0 cm³/mol. The Kier molecular flexibility index (Phi) is 4.33. The highest BCUT2D eigenvalue weighted by atomic mass is 32.1. The minimum Gasteiger partial charge on any atom is -0.341 e. The van der Waals surface area contributed by atoms with E-state index in [4.69, 9.17) is 5.26 Å². The van der Waals surface area contributed by atoms with Crippen molar-refractivity contribution >= 4 is 28.7 Å². The highest BCUT2D eigenvalue weighted by Crippen LogP contribution is 2.30. The van der Waals surface area contributed by atoms with Crippen molar-refractivity contribution in [1.82, 2.24) is 4.90 Å². The van der Waals surface area contributed by atoms with E-state index < -0.39 is 22.5 Å². The first-order valence-corrected chi connectivity index (χ1v) is 7.24. The van der Waals surface area contributed by atoms with Crippen molar-refractivity contribution in [3.05, 3.63) is 25.9 Å². The number of carbonyl (C=O) groups excluding carboxylic acids is 2. The Labute approximate surface area is 124 Å². The summed E-state index contributed by atoms with van der Waals surface area (Å²) in [5.41, 5.74) is -0.159. The zero-order valence-corrected chi connectivity index (χ0v) is 12.2. The summed E-state index contributed by atoms with van der Waals surface area (Å²) in [6.45, 7) is 2.63. The number of ketones is 1. The second-order valence-electron chi connectivity index (χ2n) is 4.77. The van der Waals surface area contributed by atoms with Crippen LogP contribution in [-0.4, -0.2) is 34.6 Å². The van der Waals surface area contributed by atoms with Gasteiger partial charge in [0.2, 0.25) is 5.91 Å². The Morgan fingerprint density at radius 1 is 1.48 bits per heavy atom. The third kappa shape index (κ3) is 2.92. The summed E-state index contributed by atoms with van der Waals surface area (Å²) in [5.74, 6) is -2.58. The van der Waals surface area contributed by atoms with Gasteiger partial charge in [-0.05, 0) is 19.8 Å². The average molecular weight is 307 g/mol. The van der Waals surface area contributed by atoms with Crippen LogP contribution in [0.2, 0.25) is 0 Å². The molecule has 2 rings (SSSR count). The van der Waals surface area contributed by atoms with E-state index in [0.717, 1.165) is 30.2 Å². The molecule has 7 nitrogen and oxygen atoms in total. The number of hydrogen-bond donors (Lipinski definition) is 0. The van der Waals surface area contributed by atoms with E-state index in [2.05, 4.69) is 0 Å². The van der Waals surface area contributed by atoms with Crippen LogP contribution in [0.5, 0.6) is 0 Å². The van der Waals surface area contributed by atoms with Gasteiger partial charge < -0.3 is 4.90 Å². The number of Topliss-reactive ketones (excluding diaryl/α,β-unsaturated/α-hetero) is 1. The molecule has 1 saturated heterocycles. The van der Waals surface area contributed by atoms with Gasteiger partial charge in [-0.1, -0.05) is 0 Å². The van der Waals surface area contributed by atoms with E-state index in [-0.39, 0.29) is 10.6 Å². The molecule has 0 spiro atoms. The number of likely N-dealkylation sites (tertiary alicyclic amines) is 1. The highest BCUT2D eigenvalue weighted by molar-refractivity contribution is 7.14. The third-order valence-corrected chi connectivity index (χ3v) is 4.44. The Bertz CT molecular complexity index is 640. The maximum Gasteiger partial charge on any atom is 0.283 e. The summed E-state index contributed by atoms with van der Waals surface area (Å²) in [6, 6.07) is 2.87. The Morgan fingerprint density at radius 3 is 2.57 bits per heavy atom. The van der Waals surface area contributed by atoms with E-state index >= 15 is 0 Å². The zero-order chi connectivity index (χ0) is 15.6. The van der Waals surface area contributed by atoms with Crippen molar-refractivity contribution < 1.29 is 14.5 Å². The molecule has 1 aromatic heterocycles. The first kappa shape index (κ1) is 15.1. The molecule has 8 heteroatoms. The van der Waals surface area contributed by atoms with E-state index in [1.165, 1.54) is 11.8 Å². The maximum atomic E-state index is 12.3. The molecule has 1 atom stereocenters. The van der Waals surface area contributed by atoms with Gasteiger partial charge in [-0.3, -0.25) is 19.7 Å². The molecule has 0 radical (unpaired) electrons. The smallest absolute Gasteiger partial charge is 0.283 e. The van der Waals surface area contributed by atoms with Gasteiger partial charge in [0.05, 0.1) is 20.7 Å². The van der Waals surface area contributed by atoms with Crippen LogP contribution in [0.1, 0.15) is 27.4 Å². The lowest BCUT2D eigenvalue weighted by atomic mass is 10.0. The fourth-order valence-electron chi connectivity index (χ4n) is 2.26. The molecule has 0 aliphatic carbocycles. The summed E-state index contributed by atoms with van der Waals surface area (Å²) in [7, 11) is 0. The van der Waals surface area contributed by atoms with E-state index in [9.17, 15) is 19.7 Å². The second-order valence-corrected chi connectivity index (χ2v) is 6.02. The number of carbonyl (C=O) groups is 2. The summed E-state index contributed by atoms with van der Waals surface area (Å²) in [4.78, 5) is 36.6. The van der Waals surface area contributed by atoms with Gasteiger partial charge in [0, 0.05) is 19.2 Å². The number of rotatable bonds is 4. The van der Waals surface area contributed by atoms with Crippen molar-refractivity contribution in [3.8, 4) is 6.07 Å². The van der Waals surface area contributed by atoms with Gasteiger partial charge in [-0.2, -0.15) is 5.26 Å². The molecule has 1 aromatic rings. The van der Waals surface area contributed by atoms with E-state index in [0.29, 0.717) is 18.0 Å². The van der Waals surface area contributed by atoms with Crippen LogP contribution in [0.25, 0.3) is 0 Å². The molecule has 1 fully saturated rings. The SMILES string of the molecule is Cc1sc(C(=O)C(C#N)C(=O)N2CCCC2)cc1[N+](=O)[O-]. The van der Waals surface area contributed by atoms with Gasteiger partial charge in [-0.15, -0.1) is 11.3 Å². The van der Waals surface area contributed by atoms with Crippen LogP contribution in [0, 0.1) is 34.3 Å². The van der Waals surface area contributed by atoms with Gasteiger partial charge >= 0.3 is 0 Å². The van der Waals surface area contributed by atoms with Crippen molar-refractivity contribution in [3.63, 3.8) is 0 Å². The predicted octanol–water partition coefficient (Wildman–Crippen LogP) is 1.91. The molecule has 2 heterocycles. The molecule has 110 valence electrons. The molecular weight excluding hydrogens is 294 g/mol. The number of amides is 1. The van der Waals surface area contributed by atoms with Crippen LogP contribution >= 0.6 is 11.3 Å². The lowest BCUT2D eigenvalue weighted by molar-refractivity contribution is -0.385. The van der Waals surface area contributed by atoms with E-state index in [1.54, 1.807) is 6.07 Å². The zero-order valence-electron chi connectivity index (χ0n) is 11.4. The molecule has 0 bridgehead atoms. The topological polar surface area (TPSA) is 104 Å². The minimum atomic E-state index is -1.42. The summed E-state index contributed by atoms with van der Waals surface area (Å²) in [6.07, 6.45) is 1.73. The van der Waals surface area contributed by atoms with Gasteiger partial charge in [0.1, 0.15) is 0 Å². The monoisotopic (exact) mass is 307 g/mol. The molecule has 1 aliphatic rings. The normalized spacial score (nSPS) is 15.5. The number of nitriles is 1. The molecule has 1 aliphatic heterocycles. The molecule has 21 heavy (non-hydrogen) atoms. The largest absolute Gasteiger partial charge is 0.341 e. The van der Waals surface area contributed by atoms with Gasteiger partial charge in [0.15, 0.2) is 11.7 Å². The number of thiophene rings is 1. The quantitative estimate of drug-likeness (QED) is 0.366. The summed E-state index contributed by atoms with van der Waals surface area (Å²) in [5, 5.41) is 19.9. The molecule has 0 N–H and O–H groups in total. The third-order valence-electron chi connectivity index (χ3n) is 3.39. The number of nitro groups is 1. The van der Waals surface area contributed by atoms with Crippen LogP contribution in [0.3, 0.4) is 0 Å². The van der Waals surface area contributed by atoms with Crippen molar-refractivity contribution in [2.24, 2.45) is 5.92 Å². The highest BCUT2D eigenvalue weighted by Gasteiger charge is 2.34. The first-order valence-electron chi connectivity index (χ1n) is 6.43. The fraction of sp³-hybridized carbons (Fsp3) is 0.462. The number of nitrogens with zero attached hydrogens (tertiary/aromatic N) is 3. The van der Waals surface area contributed by atoms with Gasteiger partial charge in [0.25, 0.3) is 5.69 Å². The number of aryl methyl sites for hydroxylation is 1. The molecule has 1 unspecified atom stereocenters. The Morgan fingerprint density at radius 2 is 2.10 bits per heavy atom. The maximum absolute atomic E-state index is 12.3. The van der Waals surface area contributed by atoms with Crippen molar-refractivity contribution in [1.29, 1.82) is 5.26 Å². The Balaban J connectivity index is 2.24. The van der Waals surface area contributed by atoms with Crippen LogP contribution < -0.4 is 0 Å². The minimum absolute atomic E-state index is 0.0818. The number of hydrogen-bond acceptors (Lipinski definition) is 6. The molecule has 1 amide bonds. The molecule has 0 aromatic carbocycles. The summed E-state index contributed by atoms with van der Waals surface area (Å²) >= 11 is 0.941. The van der Waals surface area contributed by atoms with Gasteiger partial charge in [-0.25, -0.2) is 0 Å². The van der Waals surface area contributed by atoms with Crippen molar-refractivity contribution in [2.75, 3.05) is 13.1 Å². The van der Waals surface area contributed by atoms with Crippen LogP contribution in [-0.2, 0) is 4.79 Å². The lowest BCUT2D eigenvalue weighted by Gasteiger charge is -2.17. The fourth-order valence-corrected chi connectivity index (χ4v) is 3.22. The van der Waals surface area contributed by atoms with E-state index in [1.807, 2.05) is 0 Å². The van der Waals surface area contributed by atoms with Crippen LogP contribution in [0.15, 0.2) is 6.07 Å². The molecular formula is C13H13N3O4S. The van der Waals surface area contributed by atoms with Crippen LogP contribution in [0.4, 0.5) is 5.69 Å². The molecule has 0 saturated carbocycles. The standard InChI is InChI=1S/C13H13N3O4S/c1-8-10(16(19)20)6-11(21-8)12(17)9(7-14)13(18)15-4-2-3-5-15/h6,9H,2-5H2,1H3. The first-order chi connectivity index (χ1) is 9.95. The second kappa shape index (κ2) is 6.01.